The van der Waals surface area contributed by atoms with Crippen LogP contribution in [0.25, 0.3) is 10.9 Å². The summed E-state index contributed by atoms with van der Waals surface area (Å²) in [6, 6.07) is 18.5. The third kappa shape index (κ3) is 5.41. The molecule has 10 heteroatoms. The summed E-state index contributed by atoms with van der Waals surface area (Å²) in [5.74, 6) is -2.36. The summed E-state index contributed by atoms with van der Waals surface area (Å²) in [5, 5.41) is 6.64. The highest BCUT2D eigenvalue weighted by Gasteiger charge is 2.21. The zero-order valence-electron chi connectivity index (χ0n) is 17.7. The fraction of sp³-hybridized carbons (Fsp3) is 0.0417. The number of carbonyl (C=O) groups is 3. The minimum atomic E-state index is -0.943. The van der Waals surface area contributed by atoms with Crippen molar-refractivity contribution in [2.75, 3.05) is 16.1 Å². The normalized spacial score (nSPS) is 10.7. The Morgan fingerprint density at radius 1 is 0.824 bits per heavy atom. The predicted molar refractivity (Wildman–Crippen MR) is 138 cm³/mol. The first-order valence-corrected chi connectivity index (χ1v) is 11.5. The van der Waals surface area contributed by atoms with Crippen LogP contribution in [0, 0.1) is 6.92 Å². The van der Waals surface area contributed by atoms with Gasteiger partial charge in [-0.25, -0.2) is 4.68 Å². The number of hydrogen-bond donors (Lipinski definition) is 3. The standard InChI is InChI=1S/C24H17BrCl2N4O3/c1-13-3-2-4-18(7-13)28-23(33)24(34)30-31-20-6-5-15(25)8-14(20)9-21(31)22(32)29-19-11-16(26)10-17(27)12-19/h2-12H,1H3,(H,28,33)(H,29,32)(H,30,34). The molecule has 1 heterocycles. The fourth-order valence-corrected chi connectivity index (χ4v) is 4.26. The summed E-state index contributed by atoms with van der Waals surface area (Å²) in [5.41, 5.74) is 4.93. The zero-order chi connectivity index (χ0) is 24.4. The van der Waals surface area contributed by atoms with Gasteiger partial charge in [-0.1, -0.05) is 51.3 Å². The molecular weight excluding hydrogens is 543 g/mol. The zero-order valence-corrected chi connectivity index (χ0v) is 20.8. The van der Waals surface area contributed by atoms with Gasteiger partial charge in [0.05, 0.1) is 5.52 Å². The Bertz CT molecular complexity index is 1430. The molecule has 7 nitrogen and oxygen atoms in total. The van der Waals surface area contributed by atoms with Crippen LogP contribution >= 0.6 is 39.1 Å². The maximum absolute atomic E-state index is 13.1. The average Bonchev–Trinajstić information content (AvgIpc) is 3.10. The highest BCUT2D eigenvalue weighted by molar-refractivity contribution is 9.10. The summed E-state index contributed by atoms with van der Waals surface area (Å²) < 4.78 is 2.05. The number of halogens is 3. The first kappa shape index (κ1) is 23.8. The molecular formula is C24H17BrCl2N4O3. The summed E-state index contributed by atoms with van der Waals surface area (Å²) in [7, 11) is 0. The van der Waals surface area contributed by atoms with Crippen molar-refractivity contribution in [3.63, 3.8) is 0 Å². The second-order valence-electron chi connectivity index (χ2n) is 7.44. The molecule has 3 amide bonds. The van der Waals surface area contributed by atoms with Crippen molar-refractivity contribution in [1.29, 1.82) is 0 Å². The monoisotopic (exact) mass is 558 g/mol. The second-order valence-corrected chi connectivity index (χ2v) is 9.23. The Morgan fingerprint density at radius 2 is 1.56 bits per heavy atom. The topological polar surface area (TPSA) is 92.2 Å². The first-order valence-electron chi connectivity index (χ1n) is 9.97. The lowest BCUT2D eigenvalue weighted by atomic mass is 10.2. The van der Waals surface area contributed by atoms with E-state index >= 15 is 0 Å². The molecule has 4 rings (SSSR count). The van der Waals surface area contributed by atoms with Gasteiger partial charge in [0.2, 0.25) is 0 Å². The Kier molecular flexibility index (Phi) is 6.92. The van der Waals surface area contributed by atoms with Gasteiger partial charge < -0.3 is 10.6 Å². The molecule has 1 aromatic heterocycles. The molecule has 0 aliphatic heterocycles. The smallest absolute Gasteiger partial charge is 0.321 e. The minimum Gasteiger partial charge on any atom is -0.321 e. The van der Waals surface area contributed by atoms with E-state index in [1.807, 2.05) is 13.0 Å². The molecule has 0 spiro atoms. The summed E-state index contributed by atoms with van der Waals surface area (Å²) >= 11 is 15.4. The van der Waals surface area contributed by atoms with Crippen molar-refractivity contribution in [2.45, 2.75) is 6.92 Å². The molecule has 34 heavy (non-hydrogen) atoms. The van der Waals surface area contributed by atoms with Gasteiger partial charge in [0.25, 0.3) is 5.91 Å². The van der Waals surface area contributed by atoms with Crippen LogP contribution in [0.3, 0.4) is 0 Å². The average molecular weight is 560 g/mol. The van der Waals surface area contributed by atoms with E-state index in [0.717, 1.165) is 10.0 Å². The van der Waals surface area contributed by atoms with E-state index in [9.17, 15) is 14.4 Å². The highest BCUT2D eigenvalue weighted by atomic mass is 79.9. The van der Waals surface area contributed by atoms with Crippen LogP contribution in [0.5, 0.6) is 0 Å². The Hall–Kier alpha value is -3.33. The molecule has 0 unspecified atom stereocenters. The maximum atomic E-state index is 13.1. The van der Waals surface area contributed by atoms with Crippen molar-refractivity contribution in [1.82, 2.24) is 4.68 Å². The molecule has 0 aliphatic carbocycles. The molecule has 3 aromatic carbocycles. The van der Waals surface area contributed by atoms with Gasteiger partial charge in [-0.05, 0) is 67.1 Å². The molecule has 0 fully saturated rings. The Morgan fingerprint density at radius 3 is 2.26 bits per heavy atom. The van der Waals surface area contributed by atoms with Crippen LogP contribution in [0.1, 0.15) is 16.1 Å². The van der Waals surface area contributed by atoms with E-state index in [4.69, 9.17) is 23.2 Å². The van der Waals surface area contributed by atoms with Gasteiger partial charge in [-0.15, -0.1) is 0 Å². The maximum Gasteiger partial charge on any atom is 0.328 e. The number of rotatable bonds is 4. The second kappa shape index (κ2) is 9.89. The van der Waals surface area contributed by atoms with Crippen LogP contribution in [-0.2, 0) is 9.59 Å². The van der Waals surface area contributed by atoms with E-state index in [-0.39, 0.29) is 5.69 Å². The Labute approximate surface area is 213 Å². The molecule has 0 radical (unpaired) electrons. The molecule has 0 bridgehead atoms. The SMILES string of the molecule is Cc1cccc(NC(=O)C(=O)Nn2c(C(=O)Nc3cc(Cl)cc(Cl)c3)cc3cc(Br)ccc32)c1. The number of amides is 3. The summed E-state index contributed by atoms with van der Waals surface area (Å²) in [4.78, 5) is 38.3. The number of aryl methyl sites for hydroxylation is 1. The van der Waals surface area contributed by atoms with Gasteiger partial charge in [0.1, 0.15) is 5.69 Å². The predicted octanol–water partition coefficient (Wildman–Crippen LogP) is 5.98. The van der Waals surface area contributed by atoms with E-state index in [1.54, 1.807) is 60.7 Å². The van der Waals surface area contributed by atoms with Crippen molar-refractivity contribution in [3.8, 4) is 0 Å². The van der Waals surface area contributed by atoms with Crippen LogP contribution in [-0.4, -0.2) is 22.4 Å². The quantitative estimate of drug-likeness (QED) is 0.268. The molecule has 0 saturated heterocycles. The van der Waals surface area contributed by atoms with E-state index in [0.29, 0.717) is 32.3 Å². The number of aromatic nitrogens is 1. The molecule has 0 aliphatic rings. The van der Waals surface area contributed by atoms with E-state index < -0.39 is 17.7 Å². The number of hydrogen-bond acceptors (Lipinski definition) is 3. The molecule has 0 saturated carbocycles. The number of nitrogens with one attached hydrogen (secondary N) is 3. The summed E-state index contributed by atoms with van der Waals surface area (Å²) in [6.45, 7) is 1.87. The van der Waals surface area contributed by atoms with Gasteiger partial charge in [0, 0.05) is 31.3 Å². The molecule has 172 valence electrons. The van der Waals surface area contributed by atoms with Crippen molar-refractivity contribution in [3.05, 3.63) is 92.5 Å². The lowest BCUT2D eigenvalue weighted by Gasteiger charge is -2.13. The fourth-order valence-electron chi connectivity index (χ4n) is 3.36. The van der Waals surface area contributed by atoms with Gasteiger partial charge in [-0.2, -0.15) is 0 Å². The molecule has 4 aromatic rings. The lowest BCUT2D eigenvalue weighted by molar-refractivity contribution is -0.133. The van der Waals surface area contributed by atoms with Gasteiger partial charge >= 0.3 is 11.8 Å². The third-order valence-corrected chi connectivity index (χ3v) is 5.74. The van der Waals surface area contributed by atoms with Gasteiger partial charge in [0.15, 0.2) is 0 Å². The van der Waals surface area contributed by atoms with Crippen molar-refractivity contribution >= 4 is 79.1 Å². The Balaban J connectivity index is 1.64. The largest absolute Gasteiger partial charge is 0.328 e. The van der Waals surface area contributed by atoms with Crippen LogP contribution in [0.4, 0.5) is 11.4 Å². The van der Waals surface area contributed by atoms with E-state index in [1.165, 1.54) is 4.68 Å². The number of nitrogens with zero attached hydrogens (tertiary/aromatic N) is 1. The summed E-state index contributed by atoms with van der Waals surface area (Å²) in [6.07, 6.45) is 0. The van der Waals surface area contributed by atoms with Crippen LogP contribution in [0.2, 0.25) is 10.0 Å². The number of carbonyl (C=O) groups excluding carboxylic acids is 3. The molecule has 0 atom stereocenters. The lowest BCUT2D eigenvalue weighted by Crippen LogP contribution is -2.36. The van der Waals surface area contributed by atoms with Gasteiger partial charge in [-0.3, -0.25) is 19.8 Å². The first-order chi connectivity index (χ1) is 16.2. The van der Waals surface area contributed by atoms with Crippen molar-refractivity contribution < 1.29 is 14.4 Å². The van der Waals surface area contributed by atoms with Crippen molar-refractivity contribution in [2.24, 2.45) is 0 Å². The number of fused-ring (bicyclic) bond motifs is 1. The highest BCUT2D eigenvalue weighted by Crippen LogP contribution is 2.26. The minimum absolute atomic E-state index is 0.0981. The van der Waals surface area contributed by atoms with Crippen LogP contribution in [0.15, 0.2) is 71.2 Å². The number of benzene rings is 3. The van der Waals surface area contributed by atoms with E-state index in [2.05, 4.69) is 32.0 Å². The number of anilines is 2. The third-order valence-electron chi connectivity index (χ3n) is 4.81. The van der Waals surface area contributed by atoms with Crippen LogP contribution < -0.4 is 16.1 Å². The molecule has 3 N–H and O–H groups in total.